The van der Waals surface area contributed by atoms with Crippen molar-refractivity contribution in [2.75, 3.05) is 6.54 Å². The fraction of sp³-hybridized carbons (Fsp3) is 0.545. The van der Waals surface area contributed by atoms with Gasteiger partial charge in [0.1, 0.15) is 5.69 Å². The van der Waals surface area contributed by atoms with E-state index < -0.39 is 0 Å². The Morgan fingerprint density at radius 2 is 2.35 bits per heavy atom. The molecular formula is C11H15N3O3. The predicted molar refractivity (Wildman–Crippen MR) is 60.5 cm³/mol. The molecule has 1 fully saturated rings. The number of carbonyl (C=O) groups is 1. The van der Waals surface area contributed by atoms with Crippen molar-refractivity contribution in [2.45, 2.75) is 25.4 Å². The summed E-state index contributed by atoms with van der Waals surface area (Å²) < 4.78 is 0. The van der Waals surface area contributed by atoms with E-state index >= 15 is 0 Å². The minimum absolute atomic E-state index is 0.197. The summed E-state index contributed by atoms with van der Waals surface area (Å²) >= 11 is 0. The van der Waals surface area contributed by atoms with Crippen LogP contribution in [-0.2, 0) is 0 Å². The minimum atomic E-state index is -0.333. The second kappa shape index (κ2) is 5.09. The molecule has 1 heterocycles. The van der Waals surface area contributed by atoms with Crippen LogP contribution in [0.5, 0.6) is 0 Å². The molecule has 6 nitrogen and oxygen atoms in total. The highest BCUT2D eigenvalue weighted by Crippen LogP contribution is 2.24. The lowest BCUT2D eigenvalue weighted by Gasteiger charge is -2.10. The number of nitrogens with zero attached hydrogens (tertiary/aromatic N) is 1. The smallest absolute Gasteiger partial charge is 0.271 e. The summed E-state index contributed by atoms with van der Waals surface area (Å²) in [4.78, 5) is 22.4. The van der Waals surface area contributed by atoms with Crippen LogP contribution in [0.2, 0.25) is 0 Å². The molecule has 0 spiro atoms. The van der Waals surface area contributed by atoms with Crippen LogP contribution in [0.1, 0.15) is 29.8 Å². The largest absolute Gasteiger partial charge is 0.393 e. The number of amides is 1. The van der Waals surface area contributed by atoms with Crippen LogP contribution < -0.4 is 10.9 Å². The number of aromatic amines is 1. The van der Waals surface area contributed by atoms with Crippen LogP contribution >= 0.6 is 0 Å². The lowest BCUT2D eigenvalue weighted by atomic mass is 10.1. The number of hydrogen-bond donors (Lipinski definition) is 3. The number of aliphatic hydroxyl groups excluding tert-OH is 1. The summed E-state index contributed by atoms with van der Waals surface area (Å²) in [6, 6.07) is 2.65. The highest BCUT2D eigenvalue weighted by molar-refractivity contribution is 5.91. The van der Waals surface area contributed by atoms with E-state index in [1.54, 1.807) is 0 Å². The Balaban J connectivity index is 1.85. The van der Waals surface area contributed by atoms with Crippen molar-refractivity contribution in [3.63, 3.8) is 0 Å². The summed E-state index contributed by atoms with van der Waals surface area (Å²) in [6.07, 6.45) is 2.24. The molecule has 2 atom stereocenters. The summed E-state index contributed by atoms with van der Waals surface area (Å²) in [5.74, 6) is 0.0272. The molecule has 0 saturated heterocycles. The van der Waals surface area contributed by atoms with Gasteiger partial charge in [-0.3, -0.25) is 9.59 Å². The van der Waals surface area contributed by atoms with Gasteiger partial charge in [0.2, 0.25) is 0 Å². The number of nitrogens with one attached hydrogen (secondary N) is 2. The van der Waals surface area contributed by atoms with Crippen molar-refractivity contribution in [1.82, 2.24) is 15.5 Å². The van der Waals surface area contributed by atoms with E-state index in [9.17, 15) is 14.7 Å². The predicted octanol–water partition coefficient (Wildman–Crippen LogP) is -0.339. The summed E-state index contributed by atoms with van der Waals surface area (Å²) in [7, 11) is 0. The third-order valence-corrected chi connectivity index (χ3v) is 2.98. The van der Waals surface area contributed by atoms with Gasteiger partial charge in [0, 0.05) is 12.6 Å². The normalized spacial score (nSPS) is 23.6. The minimum Gasteiger partial charge on any atom is -0.393 e. The van der Waals surface area contributed by atoms with Crippen molar-refractivity contribution in [3.8, 4) is 0 Å². The van der Waals surface area contributed by atoms with Gasteiger partial charge >= 0.3 is 0 Å². The Morgan fingerprint density at radius 3 is 2.94 bits per heavy atom. The Hall–Kier alpha value is -1.69. The highest BCUT2D eigenvalue weighted by Gasteiger charge is 2.23. The summed E-state index contributed by atoms with van der Waals surface area (Å²) in [6.45, 7) is 0.538. The molecule has 2 rings (SSSR count). The van der Waals surface area contributed by atoms with E-state index in [4.69, 9.17) is 0 Å². The Bertz CT molecular complexity index is 437. The number of H-pyrrole nitrogens is 1. The lowest BCUT2D eigenvalue weighted by Crippen LogP contribution is -2.30. The fourth-order valence-electron chi connectivity index (χ4n) is 2.03. The number of aromatic nitrogens is 2. The van der Waals surface area contributed by atoms with E-state index in [2.05, 4.69) is 15.5 Å². The topological polar surface area (TPSA) is 95.1 Å². The van der Waals surface area contributed by atoms with Crippen LogP contribution in [0.4, 0.5) is 0 Å². The van der Waals surface area contributed by atoms with Crippen LogP contribution in [0.15, 0.2) is 16.9 Å². The Morgan fingerprint density at radius 1 is 1.53 bits per heavy atom. The summed E-state index contributed by atoms with van der Waals surface area (Å²) in [5.41, 5.74) is -0.136. The molecule has 6 heteroatoms. The lowest BCUT2D eigenvalue weighted by molar-refractivity contribution is 0.0939. The first-order valence-corrected chi connectivity index (χ1v) is 5.67. The van der Waals surface area contributed by atoms with Gasteiger partial charge in [0.15, 0.2) is 0 Å². The molecule has 1 aromatic heterocycles. The molecule has 1 aromatic rings. The second-order valence-corrected chi connectivity index (χ2v) is 4.35. The van der Waals surface area contributed by atoms with Crippen molar-refractivity contribution >= 4 is 5.91 Å². The Labute approximate surface area is 98.1 Å². The quantitative estimate of drug-likeness (QED) is 0.670. The zero-order valence-electron chi connectivity index (χ0n) is 9.35. The molecule has 1 saturated carbocycles. The maximum absolute atomic E-state index is 11.6. The van der Waals surface area contributed by atoms with Gasteiger partial charge in [-0.25, -0.2) is 5.10 Å². The molecule has 2 unspecified atom stereocenters. The highest BCUT2D eigenvalue weighted by atomic mass is 16.3. The van der Waals surface area contributed by atoms with Crippen LogP contribution in [0, 0.1) is 5.92 Å². The molecule has 1 amide bonds. The third-order valence-electron chi connectivity index (χ3n) is 2.98. The number of rotatable bonds is 3. The van der Waals surface area contributed by atoms with E-state index in [1.165, 1.54) is 12.1 Å². The van der Waals surface area contributed by atoms with Gasteiger partial charge in [0.25, 0.3) is 11.5 Å². The number of carbonyl (C=O) groups excluding carboxylic acids is 1. The third kappa shape index (κ3) is 3.13. The summed E-state index contributed by atoms with van der Waals surface area (Å²) in [5, 5.41) is 17.9. The van der Waals surface area contributed by atoms with E-state index in [0.717, 1.165) is 19.3 Å². The molecule has 1 aliphatic carbocycles. The van der Waals surface area contributed by atoms with Crippen molar-refractivity contribution in [1.29, 1.82) is 0 Å². The van der Waals surface area contributed by atoms with Gasteiger partial charge in [0.05, 0.1) is 6.10 Å². The first-order chi connectivity index (χ1) is 8.15. The van der Waals surface area contributed by atoms with Gasteiger partial charge in [-0.1, -0.05) is 0 Å². The van der Waals surface area contributed by atoms with Gasteiger partial charge in [-0.2, -0.15) is 5.10 Å². The van der Waals surface area contributed by atoms with Gasteiger partial charge < -0.3 is 10.4 Å². The molecule has 17 heavy (non-hydrogen) atoms. The number of hydrogen-bond acceptors (Lipinski definition) is 4. The monoisotopic (exact) mass is 237 g/mol. The van der Waals surface area contributed by atoms with E-state index in [0.29, 0.717) is 12.5 Å². The molecular weight excluding hydrogens is 222 g/mol. The molecule has 0 aromatic carbocycles. The molecule has 1 aliphatic rings. The molecule has 0 radical (unpaired) electrons. The average molecular weight is 237 g/mol. The first kappa shape index (κ1) is 11.8. The standard InChI is InChI=1S/C11H15N3O3/c15-8-2-1-7(5-8)6-12-11(17)9-3-4-10(16)14-13-9/h3-4,7-8,15H,1-2,5-6H2,(H,12,17)(H,14,16). The van der Waals surface area contributed by atoms with E-state index in [1.807, 2.05) is 0 Å². The van der Waals surface area contributed by atoms with E-state index in [-0.39, 0.29) is 23.3 Å². The van der Waals surface area contributed by atoms with Crippen LogP contribution in [0.25, 0.3) is 0 Å². The van der Waals surface area contributed by atoms with Crippen LogP contribution in [-0.4, -0.2) is 33.9 Å². The van der Waals surface area contributed by atoms with Crippen molar-refractivity contribution in [2.24, 2.45) is 5.92 Å². The zero-order chi connectivity index (χ0) is 12.3. The van der Waals surface area contributed by atoms with Crippen LogP contribution in [0.3, 0.4) is 0 Å². The average Bonchev–Trinajstić information content (AvgIpc) is 2.73. The Kier molecular flexibility index (Phi) is 3.53. The van der Waals surface area contributed by atoms with Crippen molar-refractivity contribution in [3.05, 3.63) is 28.2 Å². The zero-order valence-corrected chi connectivity index (χ0v) is 9.35. The fourth-order valence-corrected chi connectivity index (χ4v) is 2.03. The molecule has 3 N–H and O–H groups in total. The molecule has 0 bridgehead atoms. The van der Waals surface area contributed by atoms with Crippen molar-refractivity contribution < 1.29 is 9.90 Å². The SMILES string of the molecule is O=C(NCC1CCC(O)C1)c1ccc(=O)[nH]n1. The first-order valence-electron chi connectivity index (χ1n) is 5.67. The molecule has 92 valence electrons. The maximum atomic E-state index is 11.6. The number of aliphatic hydroxyl groups is 1. The maximum Gasteiger partial charge on any atom is 0.271 e. The van der Waals surface area contributed by atoms with Gasteiger partial charge in [-0.15, -0.1) is 0 Å². The molecule has 0 aliphatic heterocycles. The van der Waals surface area contributed by atoms with Gasteiger partial charge in [-0.05, 0) is 31.2 Å². The second-order valence-electron chi connectivity index (χ2n) is 4.35.